The molecule has 1 aliphatic heterocycles. The minimum Gasteiger partial charge on any atom is -0.389 e. The van der Waals surface area contributed by atoms with E-state index in [9.17, 15) is 15.2 Å². The lowest BCUT2D eigenvalue weighted by atomic mass is 10.1. The number of aromatic nitrogens is 2. The first-order valence-corrected chi connectivity index (χ1v) is 8.34. The number of aliphatic hydroxyl groups is 1. The van der Waals surface area contributed by atoms with Crippen molar-refractivity contribution in [1.82, 2.24) is 9.78 Å². The second-order valence-electron chi connectivity index (χ2n) is 6.71. The molecule has 8 nitrogen and oxygen atoms in total. The third-order valence-electron chi connectivity index (χ3n) is 4.41. The van der Waals surface area contributed by atoms with Crippen LogP contribution in [0.15, 0.2) is 36.7 Å². The number of benzene rings is 1. The Morgan fingerprint density at radius 1 is 1.32 bits per heavy atom. The number of aliphatic hydroxyl groups excluding tert-OH is 1. The summed E-state index contributed by atoms with van der Waals surface area (Å²) in [5, 5.41) is 25.2. The Morgan fingerprint density at radius 3 is 2.72 bits per heavy atom. The van der Waals surface area contributed by atoms with Gasteiger partial charge in [0.25, 0.3) is 0 Å². The SMILES string of the molecule is C[C@H]1CN(C)c2ccccc2N(C[C@H](O)Cn2cc([N+](=O)[O-])cn2)C1. The molecule has 0 radical (unpaired) electrons. The van der Waals surface area contributed by atoms with Crippen molar-refractivity contribution in [1.29, 1.82) is 0 Å². The molecule has 0 aliphatic carbocycles. The van der Waals surface area contributed by atoms with Crippen molar-refractivity contribution in [2.45, 2.75) is 19.6 Å². The van der Waals surface area contributed by atoms with Gasteiger partial charge in [0, 0.05) is 26.7 Å². The number of hydrogen-bond donors (Lipinski definition) is 1. The third kappa shape index (κ3) is 3.90. The van der Waals surface area contributed by atoms with Crippen molar-refractivity contribution in [3.63, 3.8) is 0 Å². The first-order chi connectivity index (χ1) is 11.9. The van der Waals surface area contributed by atoms with E-state index in [1.54, 1.807) is 0 Å². The van der Waals surface area contributed by atoms with E-state index in [4.69, 9.17) is 0 Å². The molecule has 0 bridgehead atoms. The van der Waals surface area contributed by atoms with Crippen LogP contribution >= 0.6 is 0 Å². The van der Waals surface area contributed by atoms with Gasteiger partial charge >= 0.3 is 5.69 Å². The molecule has 1 N–H and O–H groups in total. The smallest absolute Gasteiger partial charge is 0.306 e. The van der Waals surface area contributed by atoms with Crippen LogP contribution < -0.4 is 9.80 Å². The molecule has 0 saturated heterocycles. The number of para-hydroxylation sites is 2. The fourth-order valence-electron chi connectivity index (χ4n) is 3.40. The lowest BCUT2D eigenvalue weighted by molar-refractivity contribution is -0.385. The molecule has 2 atom stereocenters. The highest BCUT2D eigenvalue weighted by atomic mass is 16.6. The van der Waals surface area contributed by atoms with Gasteiger partial charge in [-0.15, -0.1) is 0 Å². The summed E-state index contributed by atoms with van der Waals surface area (Å²) in [6.45, 7) is 4.66. The number of fused-ring (bicyclic) bond motifs is 1. The van der Waals surface area contributed by atoms with Crippen molar-refractivity contribution in [3.8, 4) is 0 Å². The Morgan fingerprint density at radius 2 is 2.04 bits per heavy atom. The van der Waals surface area contributed by atoms with Gasteiger partial charge in [0.15, 0.2) is 0 Å². The molecule has 0 amide bonds. The molecule has 1 aliphatic rings. The average molecular weight is 345 g/mol. The molecule has 2 heterocycles. The van der Waals surface area contributed by atoms with Crippen molar-refractivity contribution < 1.29 is 10.0 Å². The van der Waals surface area contributed by atoms with Crippen LogP contribution in [0.1, 0.15) is 6.92 Å². The zero-order valence-corrected chi connectivity index (χ0v) is 14.4. The van der Waals surface area contributed by atoms with E-state index in [1.165, 1.54) is 17.1 Å². The number of β-amino-alcohol motifs (C(OH)–C–C–N with tert-alkyl or cyclic N) is 1. The predicted molar refractivity (Wildman–Crippen MR) is 96.0 cm³/mol. The molecular weight excluding hydrogens is 322 g/mol. The molecule has 2 aromatic rings. The summed E-state index contributed by atoms with van der Waals surface area (Å²) in [4.78, 5) is 14.7. The lowest BCUT2D eigenvalue weighted by Crippen LogP contribution is -2.37. The van der Waals surface area contributed by atoms with Gasteiger partial charge in [-0.05, 0) is 18.1 Å². The molecule has 134 valence electrons. The van der Waals surface area contributed by atoms with Gasteiger partial charge in [0.2, 0.25) is 0 Å². The van der Waals surface area contributed by atoms with Gasteiger partial charge in [-0.1, -0.05) is 19.1 Å². The van der Waals surface area contributed by atoms with E-state index < -0.39 is 11.0 Å². The van der Waals surface area contributed by atoms with Crippen LogP contribution in [0.25, 0.3) is 0 Å². The molecule has 0 unspecified atom stereocenters. The van der Waals surface area contributed by atoms with Crippen LogP contribution in [0.3, 0.4) is 0 Å². The second-order valence-corrected chi connectivity index (χ2v) is 6.71. The zero-order chi connectivity index (χ0) is 18.0. The molecular formula is C17H23N5O3. The zero-order valence-electron chi connectivity index (χ0n) is 14.4. The summed E-state index contributed by atoms with van der Waals surface area (Å²) >= 11 is 0. The summed E-state index contributed by atoms with van der Waals surface area (Å²) in [5.74, 6) is 0.454. The van der Waals surface area contributed by atoms with Crippen molar-refractivity contribution >= 4 is 17.1 Å². The molecule has 8 heteroatoms. The largest absolute Gasteiger partial charge is 0.389 e. The topological polar surface area (TPSA) is 87.7 Å². The molecule has 0 saturated carbocycles. The number of nitro groups is 1. The van der Waals surface area contributed by atoms with Crippen LogP contribution in [0.4, 0.5) is 17.1 Å². The number of hydrogen-bond acceptors (Lipinski definition) is 6. The molecule has 3 rings (SSSR count). The van der Waals surface area contributed by atoms with Crippen molar-refractivity contribution in [2.24, 2.45) is 5.92 Å². The summed E-state index contributed by atoms with van der Waals surface area (Å²) in [6.07, 6.45) is 1.87. The number of nitrogens with zero attached hydrogens (tertiary/aromatic N) is 5. The molecule has 25 heavy (non-hydrogen) atoms. The van der Waals surface area contributed by atoms with Gasteiger partial charge in [-0.3, -0.25) is 14.8 Å². The summed E-state index contributed by atoms with van der Waals surface area (Å²) in [7, 11) is 2.08. The van der Waals surface area contributed by atoms with Gasteiger partial charge in [-0.2, -0.15) is 5.10 Å². The Labute approximate surface area is 146 Å². The second kappa shape index (κ2) is 7.10. The lowest BCUT2D eigenvalue weighted by Gasteiger charge is -2.28. The van der Waals surface area contributed by atoms with Crippen LogP contribution in [-0.4, -0.2) is 52.6 Å². The molecule has 0 spiro atoms. The fourth-order valence-corrected chi connectivity index (χ4v) is 3.40. The van der Waals surface area contributed by atoms with Gasteiger partial charge < -0.3 is 14.9 Å². The highest BCUT2D eigenvalue weighted by molar-refractivity contribution is 5.72. The van der Waals surface area contributed by atoms with Crippen LogP contribution in [0.5, 0.6) is 0 Å². The highest BCUT2D eigenvalue weighted by Crippen LogP contribution is 2.32. The number of rotatable bonds is 5. The maximum atomic E-state index is 10.7. The normalized spacial score (nSPS) is 18.6. The van der Waals surface area contributed by atoms with E-state index >= 15 is 0 Å². The summed E-state index contributed by atoms with van der Waals surface area (Å²) in [6, 6.07) is 8.17. The molecule has 0 fully saturated rings. The Hall–Kier alpha value is -2.61. The Kier molecular flexibility index (Phi) is 4.89. The standard InChI is InChI=1S/C17H23N5O3/c1-13-8-19(2)16-5-3-4-6-17(16)20(9-13)11-15(23)12-21-10-14(7-18-21)22(24)25/h3-7,10,13,15,23H,8-9,11-12H2,1-2H3/t13-,15-/m0/s1. The van der Waals surface area contributed by atoms with E-state index in [2.05, 4.69) is 41.0 Å². The number of anilines is 2. The predicted octanol–water partition coefficient (Wildman–Crippen LogP) is 1.74. The average Bonchev–Trinajstić information content (AvgIpc) is 2.98. The third-order valence-corrected chi connectivity index (χ3v) is 4.41. The Bertz CT molecular complexity index is 747. The fraction of sp³-hybridized carbons (Fsp3) is 0.471. The summed E-state index contributed by atoms with van der Waals surface area (Å²) in [5.41, 5.74) is 2.18. The first-order valence-electron chi connectivity index (χ1n) is 8.34. The summed E-state index contributed by atoms with van der Waals surface area (Å²) < 4.78 is 1.42. The van der Waals surface area contributed by atoms with E-state index in [0.29, 0.717) is 12.5 Å². The van der Waals surface area contributed by atoms with Crippen molar-refractivity contribution in [2.75, 3.05) is 36.5 Å². The minimum absolute atomic E-state index is 0.0671. The monoisotopic (exact) mass is 345 g/mol. The van der Waals surface area contributed by atoms with Crippen LogP contribution in [0.2, 0.25) is 0 Å². The maximum absolute atomic E-state index is 10.7. The van der Waals surface area contributed by atoms with Crippen LogP contribution in [-0.2, 0) is 6.54 Å². The van der Waals surface area contributed by atoms with Gasteiger partial charge in [0.05, 0.1) is 28.9 Å². The first kappa shape index (κ1) is 17.2. The van der Waals surface area contributed by atoms with E-state index in [-0.39, 0.29) is 12.2 Å². The quantitative estimate of drug-likeness (QED) is 0.656. The van der Waals surface area contributed by atoms with Crippen LogP contribution in [0, 0.1) is 16.0 Å². The minimum atomic E-state index is -0.678. The van der Waals surface area contributed by atoms with E-state index in [0.717, 1.165) is 24.5 Å². The maximum Gasteiger partial charge on any atom is 0.306 e. The van der Waals surface area contributed by atoms with Gasteiger partial charge in [-0.25, -0.2) is 0 Å². The van der Waals surface area contributed by atoms with E-state index in [1.807, 2.05) is 12.1 Å². The van der Waals surface area contributed by atoms with Crippen molar-refractivity contribution in [3.05, 3.63) is 46.8 Å². The van der Waals surface area contributed by atoms with Gasteiger partial charge in [0.1, 0.15) is 12.4 Å². The Balaban J connectivity index is 1.73. The molecule has 1 aromatic heterocycles. The highest BCUT2D eigenvalue weighted by Gasteiger charge is 2.24. The molecule has 1 aromatic carbocycles.